The van der Waals surface area contributed by atoms with Gasteiger partial charge in [-0.05, 0) is 19.8 Å². The van der Waals surface area contributed by atoms with E-state index in [0.29, 0.717) is 33.7 Å². The zero-order chi connectivity index (χ0) is 16.8. The lowest BCUT2D eigenvalue weighted by Gasteiger charge is -2.22. The van der Waals surface area contributed by atoms with Gasteiger partial charge in [0.2, 0.25) is 5.91 Å². The normalized spacial score (nSPS) is 18.0. The molecule has 1 fully saturated rings. The highest BCUT2D eigenvalue weighted by atomic mass is 32.1. The second-order valence-electron chi connectivity index (χ2n) is 5.61. The molecule has 0 spiro atoms. The third kappa shape index (κ3) is 2.10. The Bertz CT molecular complexity index is 1050. The van der Waals surface area contributed by atoms with E-state index in [1.807, 2.05) is 0 Å². The number of aromatic nitrogens is 5. The Labute approximate surface area is 138 Å². The molecule has 0 saturated carbocycles. The zero-order valence-electron chi connectivity index (χ0n) is 12.8. The molecule has 0 radical (unpaired) electrons. The van der Waals surface area contributed by atoms with Crippen molar-refractivity contribution in [2.75, 3.05) is 6.54 Å². The summed E-state index contributed by atoms with van der Waals surface area (Å²) in [5.74, 6) is -0.296. The largest absolute Gasteiger partial charge is 0.354 e. The number of aromatic amines is 1. The van der Waals surface area contributed by atoms with Gasteiger partial charge in [0.05, 0.1) is 17.8 Å². The summed E-state index contributed by atoms with van der Waals surface area (Å²) in [5, 5.41) is 11.9. The molecular formula is C14H14N6O3S. The van der Waals surface area contributed by atoms with Crippen molar-refractivity contribution in [3.63, 3.8) is 0 Å². The number of aryl methyl sites for hydroxylation is 1. The van der Waals surface area contributed by atoms with E-state index in [0.717, 1.165) is 11.0 Å². The lowest BCUT2D eigenvalue weighted by atomic mass is 10.1. The number of nitrogens with zero attached hydrogens (tertiary/aromatic N) is 4. The minimum Gasteiger partial charge on any atom is -0.354 e. The molecule has 0 aromatic carbocycles. The standard InChI is InChI=1S/C14H14N6O3S/c1-7-9-11(24-13(7)20-16-5-6-17-20)18-14(23)19(12(9)22)8-3-2-4-15-10(8)21/h5-6,8H,2-4H2,1H3,(H,15,21)(H,18,23)/t8-/m0/s1. The third-order valence-electron chi connectivity index (χ3n) is 4.16. The molecule has 0 unspecified atom stereocenters. The van der Waals surface area contributed by atoms with Gasteiger partial charge in [-0.25, -0.2) is 9.36 Å². The van der Waals surface area contributed by atoms with E-state index >= 15 is 0 Å². The Morgan fingerprint density at radius 2 is 2.00 bits per heavy atom. The van der Waals surface area contributed by atoms with Crippen molar-refractivity contribution in [1.29, 1.82) is 0 Å². The Kier molecular flexibility index (Phi) is 3.34. The first-order chi connectivity index (χ1) is 11.6. The fourth-order valence-electron chi connectivity index (χ4n) is 3.01. The van der Waals surface area contributed by atoms with Crippen molar-refractivity contribution < 1.29 is 4.79 Å². The molecule has 3 aromatic rings. The van der Waals surface area contributed by atoms with Gasteiger partial charge in [-0.1, -0.05) is 11.3 Å². The summed E-state index contributed by atoms with van der Waals surface area (Å²) in [4.78, 5) is 42.0. The number of fused-ring (bicyclic) bond motifs is 1. The van der Waals surface area contributed by atoms with E-state index in [9.17, 15) is 14.4 Å². The van der Waals surface area contributed by atoms with Gasteiger partial charge in [-0.2, -0.15) is 10.2 Å². The van der Waals surface area contributed by atoms with Crippen molar-refractivity contribution in [1.82, 2.24) is 29.9 Å². The first kappa shape index (κ1) is 14.8. The monoisotopic (exact) mass is 346 g/mol. The molecule has 1 aliphatic rings. The molecule has 2 N–H and O–H groups in total. The SMILES string of the molecule is Cc1c(-n2nccn2)sc2[nH]c(=O)n([C@H]3CCCNC3=O)c(=O)c12. The number of hydrogen-bond donors (Lipinski definition) is 2. The Morgan fingerprint density at radius 3 is 2.71 bits per heavy atom. The number of hydrogen-bond acceptors (Lipinski definition) is 6. The molecule has 10 heteroatoms. The van der Waals surface area contributed by atoms with Crippen LogP contribution in [0, 0.1) is 6.92 Å². The first-order valence-corrected chi connectivity index (χ1v) is 8.32. The van der Waals surface area contributed by atoms with Gasteiger partial charge in [0.15, 0.2) is 0 Å². The van der Waals surface area contributed by atoms with E-state index in [2.05, 4.69) is 20.5 Å². The number of carbonyl (C=O) groups is 1. The van der Waals surface area contributed by atoms with E-state index in [-0.39, 0.29) is 5.91 Å². The maximum Gasteiger partial charge on any atom is 0.330 e. The molecule has 1 atom stereocenters. The summed E-state index contributed by atoms with van der Waals surface area (Å²) < 4.78 is 1.02. The fourth-order valence-corrected chi connectivity index (χ4v) is 4.12. The number of H-pyrrole nitrogens is 1. The van der Waals surface area contributed by atoms with Gasteiger partial charge >= 0.3 is 5.69 Å². The van der Waals surface area contributed by atoms with Crippen molar-refractivity contribution in [2.24, 2.45) is 0 Å². The molecule has 0 aliphatic carbocycles. The van der Waals surface area contributed by atoms with E-state index < -0.39 is 17.3 Å². The van der Waals surface area contributed by atoms with Crippen LogP contribution >= 0.6 is 11.3 Å². The molecular weight excluding hydrogens is 332 g/mol. The first-order valence-electron chi connectivity index (χ1n) is 7.50. The minimum absolute atomic E-state index is 0.296. The second kappa shape index (κ2) is 5.41. The minimum atomic E-state index is -0.773. The van der Waals surface area contributed by atoms with Crippen molar-refractivity contribution in [3.05, 3.63) is 38.8 Å². The molecule has 4 rings (SSSR count). The van der Waals surface area contributed by atoms with Crippen LogP contribution in [0.5, 0.6) is 0 Å². The number of carbonyl (C=O) groups excluding carboxylic acids is 1. The Balaban J connectivity index is 1.97. The number of rotatable bonds is 2. The molecule has 4 heterocycles. The average Bonchev–Trinajstić information content (AvgIpc) is 3.17. The zero-order valence-corrected chi connectivity index (χ0v) is 13.6. The van der Waals surface area contributed by atoms with Crippen LogP contribution in [0.4, 0.5) is 0 Å². The molecule has 124 valence electrons. The smallest absolute Gasteiger partial charge is 0.330 e. The number of piperidine rings is 1. The van der Waals surface area contributed by atoms with Crippen LogP contribution in [-0.2, 0) is 4.79 Å². The maximum atomic E-state index is 12.9. The van der Waals surface area contributed by atoms with Crippen LogP contribution in [-0.4, -0.2) is 37.0 Å². The van der Waals surface area contributed by atoms with Crippen molar-refractivity contribution in [2.45, 2.75) is 25.8 Å². The predicted molar refractivity (Wildman–Crippen MR) is 87.6 cm³/mol. The molecule has 3 aromatic heterocycles. The van der Waals surface area contributed by atoms with E-state index in [4.69, 9.17) is 0 Å². The lowest BCUT2D eigenvalue weighted by molar-refractivity contribution is -0.126. The van der Waals surface area contributed by atoms with Gasteiger partial charge in [0.25, 0.3) is 5.56 Å². The van der Waals surface area contributed by atoms with Gasteiger partial charge in [0.1, 0.15) is 15.9 Å². The molecule has 9 nitrogen and oxygen atoms in total. The van der Waals surface area contributed by atoms with Crippen LogP contribution in [0.2, 0.25) is 0 Å². The van der Waals surface area contributed by atoms with Crippen molar-refractivity contribution in [3.8, 4) is 5.00 Å². The molecule has 1 aliphatic heterocycles. The molecule has 0 bridgehead atoms. The van der Waals surface area contributed by atoms with Crippen LogP contribution in [0.1, 0.15) is 24.4 Å². The predicted octanol–water partition coefficient (Wildman–Crippen LogP) is 0.0915. The van der Waals surface area contributed by atoms with Crippen molar-refractivity contribution >= 4 is 27.5 Å². The quantitative estimate of drug-likeness (QED) is 0.682. The summed E-state index contributed by atoms with van der Waals surface area (Å²) in [6.45, 7) is 2.35. The Morgan fingerprint density at radius 1 is 1.25 bits per heavy atom. The second-order valence-corrected chi connectivity index (χ2v) is 6.61. The molecule has 24 heavy (non-hydrogen) atoms. The topological polar surface area (TPSA) is 115 Å². The maximum absolute atomic E-state index is 12.9. The summed E-state index contributed by atoms with van der Waals surface area (Å²) in [6, 6.07) is -0.773. The van der Waals surface area contributed by atoms with Gasteiger partial charge in [-0.15, -0.1) is 4.80 Å². The van der Waals surface area contributed by atoms with Gasteiger partial charge in [0, 0.05) is 12.1 Å². The number of thiophene rings is 1. The highest BCUT2D eigenvalue weighted by Gasteiger charge is 2.28. The third-order valence-corrected chi connectivity index (χ3v) is 5.33. The average molecular weight is 346 g/mol. The number of amides is 1. The summed E-state index contributed by atoms with van der Waals surface area (Å²) in [7, 11) is 0. The lowest BCUT2D eigenvalue weighted by Crippen LogP contribution is -2.47. The van der Waals surface area contributed by atoms with Crippen LogP contribution in [0.25, 0.3) is 15.2 Å². The highest BCUT2D eigenvalue weighted by Crippen LogP contribution is 2.29. The Hall–Kier alpha value is -2.75. The molecule has 1 saturated heterocycles. The number of nitrogens with one attached hydrogen (secondary N) is 2. The van der Waals surface area contributed by atoms with E-state index in [1.165, 1.54) is 28.5 Å². The summed E-state index contributed by atoms with van der Waals surface area (Å²) in [6.07, 6.45) is 4.27. The van der Waals surface area contributed by atoms with E-state index in [1.54, 1.807) is 6.92 Å². The van der Waals surface area contributed by atoms with Crippen LogP contribution < -0.4 is 16.6 Å². The highest BCUT2D eigenvalue weighted by molar-refractivity contribution is 7.21. The summed E-state index contributed by atoms with van der Waals surface area (Å²) >= 11 is 1.23. The van der Waals surface area contributed by atoms with Gasteiger partial charge in [-0.3, -0.25) is 14.6 Å². The van der Waals surface area contributed by atoms with Crippen LogP contribution in [0.15, 0.2) is 22.0 Å². The summed E-state index contributed by atoms with van der Waals surface area (Å²) in [5.41, 5.74) is -0.351. The molecule has 1 amide bonds. The fraction of sp³-hybridized carbons (Fsp3) is 0.357. The van der Waals surface area contributed by atoms with Gasteiger partial charge < -0.3 is 5.32 Å². The van der Waals surface area contributed by atoms with Crippen LogP contribution in [0.3, 0.4) is 0 Å².